The fraction of sp³-hybridized carbons (Fsp3) is 0.684. The van der Waals surface area contributed by atoms with Crippen LogP contribution in [0.4, 0.5) is 5.69 Å². The van der Waals surface area contributed by atoms with Gasteiger partial charge in [-0.2, -0.15) is 0 Å². The standard InChI is InChI=1S/C19H30N2/c1-15-7-10-20(11-8-15)13-18-9-12-21(14-18)19-6-4-5-16(2)17(19)3/h4-6,15,18H,7-14H2,1-3H3/t18-/m0/s1. The topological polar surface area (TPSA) is 6.48 Å². The Morgan fingerprint density at radius 2 is 1.81 bits per heavy atom. The van der Waals surface area contributed by atoms with Crippen molar-refractivity contribution in [2.75, 3.05) is 37.6 Å². The van der Waals surface area contributed by atoms with Crippen LogP contribution in [0.2, 0.25) is 0 Å². The molecule has 2 saturated heterocycles. The summed E-state index contributed by atoms with van der Waals surface area (Å²) in [6, 6.07) is 6.73. The average molecular weight is 286 g/mol. The molecule has 1 aromatic carbocycles. The highest BCUT2D eigenvalue weighted by molar-refractivity contribution is 5.56. The Hall–Kier alpha value is -1.02. The van der Waals surface area contributed by atoms with Crippen molar-refractivity contribution in [3.63, 3.8) is 0 Å². The Bertz CT molecular complexity index is 474. The zero-order chi connectivity index (χ0) is 14.8. The molecule has 2 nitrogen and oxygen atoms in total. The van der Waals surface area contributed by atoms with Crippen molar-refractivity contribution in [2.45, 2.75) is 40.0 Å². The van der Waals surface area contributed by atoms with Crippen LogP contribution < -0.4 is 4.90 Å². The van der Waals surface area contributed by atoms with Crippen LogP contribution in [-0.4, -0.2) is 37.6 Å². The van der Waals surface area contributed by atoms with Crippen molar-refractivity contribution in [1.29, 1.82) is 0 Å². The summed E-state index contributed by atoms with van der Waals surface area (Å²) in [5, 5.41) is 0. The van der Waals surface area contributed by atoms with E-state index in [0.29, 0.717) is 0 Å². The van der Waals surface area contributed by atoms with Gasteiger partial charge in [0, 0.05) is 25.3 Å². The molecule has 116 valence electrons. The highest BCUT2D eigenvalue weighted by atomic mass is 15.2. The lowest BCUT2D eigenvalue weighted by molar-refractivity contribution is 0.171. The van der Waals surface area contributed by atoms with Crippen LogP contribution in [0.1, 0.15) is 37.3 Å². The van der Waals surface area contributed by atoms with Crippen LogP contribution in [0.3, 0.4) is 0 Å². The van der Waals surface area contributed by atoms with Crippen molar-refractivity contribution >= 4 is 5.69 Å². The zero-order valence-electron chi connectivity index (χ0n) is 13.9. The van der Waals surface area contributed by atoms with Gasteiger partial charge in [-0.1, -0.05) is 19.1 Å². The van der Waals surface area contributed by atoms with Crippen molar-refractivity contribution < 1.29 is 0 Å². The molecule has 0 spiro atoms. The lowest BCUT2D eigenvalue weighted by atomic mass is 9.98. The fourth-order valence-corrected chi connectivity index (χ4v) is 3.89. The van der Waals surface area contributed by atoms with Gasteiger partial charge in [-0.05, 0) is 75.2 Å². The quantitative estimate of drug-likeness (QED) is 0.832. The van der Waals surface area contributed by atoms with E-state index in [-0.39, 0.29) is 0 Å². The smallest absolute Gasteiger partial charge is 0.0398 e. The number of nitrogens with zero attached hydrogens (tertiary/aromatic N) is 2. The summed E-state index contributed by atoms with van der Waals surface area (Å²) in [5.41, 5.74) is 4.34. The lowest BCUT2D eigenvalue weighted by Gasteiger charge is -2.32. The number of likely N-dealkylation sites (tertiary alicyclic amines) is 1. The second-order valence-electron chi connectivity index (χ2n) is 7.30. The molecule has 2 heteroatoms. The van der Waals surface area contributed by atoms with Crippen LogP contribution in [0.5, 0.6) is 0 Å². The number of benzene rings is 1. The molecule has 0 bridgehead atoms. The summed E-state index contributed by atoms with van der Waals surface area (Å²) in [4.78, 5) is 5.32. The number of hydrogen-bond acceptors (Lipinski definition) is 2. The summed E-state index contributed by atoms with van der Waals surface area (Å²) in [6.45, 7) is 13.3. The fourth-order valence-electron chi connectivity index (χ4n) is 3.89. The Balaban J connectivity index is 1.57. The maximum Gasteiger partial charge on any atom is 0.0398 e. The van der Waals surface area contributed by atoms with Crippen LogP contribution in [0.15, 0.2) is 18.2 Å². The minimum atomic E-state index is 0.860. The van der Waals surface area contributed by atoms with E-state index >= 15 is 0 Å². The van der Waals surface area contributed by atoms with Gasteiger partial charge in [0.05, 0.1) is 0 Å². The molecule has 21 heavy (non-hydrogen) atoms. The molecule has 2 heterocycles. The predicted molar refractivity (Wildman–Crippen MR) is 91.1 cm³/mol. The zero-order valence-corrected chi connectivity index (χ0v) is 13.9. The van der Waals surface area contributed by atoms with E-state index in [9.17, 15) is 0 Å². The van der Waals surface area contributed by atoms with Gasteiger partial charge < -0.3 is 9.80 Å². The molecule has 3 rings (SSSR count). The molecular weight excluding hydrogens is 256 g/mol. The maximum absolute atomic E-state index is 2.71. The van der Waals surface area contributed by atoms with Crippen molar-refractivity contribution in [2.24, 2.45) is 11.8 Å². The first-order chi connectivity index (χ1) is 10.1. The van der Waals surface area contributed by atoms with Crippen LogP contribution in [-0.2, 0) is 0 Å². The number of anilines is 1. The molecule has 0 saturated carbocycles. The molecule has 0 radical (unpaired) electrons. The first kappa shape index (κ1) is 14.9. The number of piperidine rings is 1. The molecule has 1 atom stereocenters. The average Bonchev–Trinajstić information content (AvgIpc) is 2.93. The molecular formula is C19H30N2. The van der Waals surface area contributed by atoms with E-state index in [1.165, 1.54) is 68.8 Å². The van der Waals surface area contributed by atoms with Gasteiger partial charge in [-0.3, -0.25) is 0 Å². The number of hydrogen-bond donors (Lipinski definition) is 0. The first-order valence-electron chi connectivity index (χ1n) is 8.67. The number of rotatable bonds is 3. The largest absolute Gasteiger partial charge is 0.371 e. The van der Waals surface area contributed by atoms with Gasteiger partial charge in [0.1, 0.15) is 0 Å². The van der Waals surface area contributed by atoms with Gasteiger partial charge in [-0.15, -0.1) is 0 Å². The van der Waals surface area contributed by atoms with E-state index in [0.717, 1.165) is 11.8 Å². The molecule has 2 aliphatic heterocycles. The molecule has 0 N–H and O–H groups in total. The van der Waals surface area contributed by atoms with E-state index in [1.807, 2.05) is 0 Å². The monoisotopic (exact) mass is 286 g/mol. The first-order valence-corrected chi connectivity index (χ1v) is 8.67. The molecule has 0 amide bonds. The molecule has 0 unspecified atom stereocenters. The van der Waals surface area contributed by atoms with Crippen molar-refractivity contribution in [3.8, 4) is 0 Å². The van der Waals surface area contributed by atoms with Crippen LogP contribution in [0.25, 0.3) is 0 Å². The Labute approximate surface area is 130 Å². The van der Waals surface area contributed by atoms with Gasteiger partial charge >= 0.3 is 0 Å². The third kappa shape index (κ3) is 3.42. The molecule has 0 aromatic heterocycles. The number of aryl methyl sites for hydroxylation is 1. The van der Waals surface area contributed by atoms with Crippen LogP contribution >= 0.6 is 0 Å². The third-order valence-electron chi connectivity index (χ3n) is 5.60. The minimum absolute atomic E-state index is 0.860. The summed E-state index contributed by atoms with van der Waals surface area (Å²) in [5.74, 6) is 1.80. The van der Waals surface area contributed by atoms with E-state index in [4.69, 9.17) is 0 Å². The Morgan fingerprint density at radius 3 is 2.57 bits per heavy atom. The second-order valence-corrected chi connectivity index (χ2v) is 7.30. The van der Waals surface area contributed by atoms with Crippen molar-refractivity contribution in [3.05, 3.63) is 29.3 Å². The predicted octanol–water partition coefficient (Wildman–Crippen LogP) is 3.86. The van der Waals surface area contributed by atoms with Gasteiger partial charge in [-0.25, -0.2) is 0 Å². The van der Waals surface area contributed by atoms with E-state index < -0.39 is 0 Å². The molecule has 2 fully saturated rings. The SMILES string of the molecule is Cc1cccc(N2CC[C@@H](CN3CCC(C)CC3)C2)c1C. The second kappa shape index (κ2) is 6.39. The van der Waals surface area contributed by atoms with E-state index in [2.05, 4.69) is 48.8 Å². The van der Waals surface area contributed by atoms with Gasteiger partial charge in [0.15, 0.2) is 0 Å². The normalized spacial score (nSPS) is 24.7. The van der Waals surface area contributed by atoms with Crippen LogP contribution in [0, 0.1) is 25.7 Å². The van der Waals surface area contributed by atoms with Crippen molar-refractivity contribution in [1.82, 2.24) is 4.90 Å². The lowest BCUT2D eigenvalue weighted by Crippen LogP contribution is -2.37. The maximum atomic E-state index is 2.71. The van der Waals surface area contributed by atoms with E-state index in [1.54, 1.807) is 0 Å². The Morgan fingerprint density at radius 1 is 1.05 bits per heavy atom. The minimum Gasteiger partial charge on any atom is -0.371 e. The molecule has 2 aliphatic rings. The third-order valence-corrected chi connectivity index (χ3v) is 5.60. The highest BCUT2D eigenvalue weighted by Crippen LogP contribution is 2.29. The summed E-state index contributed by atoms with van der Waals surface area (Å²) in [7, 11) is 0. The molecule has 0 aliphatic carbocycles. The summed E-state index contributed by atoms with van der Waals surface area (Å²) >= 11 is 0. The van der Waals surface area contributed by atoms with Gasteiger partial charge in [0.25, 0.3) is 0 Å². The van der Waals surface area contributed by atoms with Gasteiger partial charge in [0.2, 0.25) is 0 Å². The summed E-state index contributed by atoms with van der Waals surface area (Å²) < 4.78 is 0. The highest BCUT2D eigenvalue weighted by Gasteiger charge is 2.26. The Kier molecular flexibility index (Phi) is 4.54. The molecule has 1 aromatic rings. The summed E-state index contributed by atoms with van der Waals surface area (Å²) in [6.07, 6.45) is 4.15.